The Morgan fingerprint density at radius 1 is 0.875 bits per heavy atom. The molecule has 9 heteroatoms. The van der Waals surface area contributed by atoms with Crippen molar-refractivity contribution >= 4 is 0 Å². The molecule has 3 rings (SSSR count). The fraction of sp³-hybridized carbons (Fsp3) is 0.261. The maximum Gasteiger partial charge on any atom is 0.416 e. The lowest BCUT2D eigenvalue weighted by Crippen LogP contribution is -2.22. The fourth-order valence-electron chi connectivity index (χ4n) is 3.42. The van der Waals surface area contributed by atoms with Gasteiger partial charge in [0.1, 0.15) is 5.82 Å². The predicted molar refractivity (Wildman–Crippen MR) is 106 cm³/mol. The minimum absolute atomic E-state index is 0.0631. The molecule has 1 heterocycles. The number of benzene rings is 2. The van der Waals surface area contributed by atoms with E-state index >= 15 is 0 Å². The van der Waals surface area contributed by atoms with E-state index in [0.717, 1.165) is 12.1 Å². The molecule has 1 unspecified atom stereocenters. The molecular weight excluding hydrogens is 437 g/mol. The molecule has 170 valence electrons. The van der Waals surface area contributed by atoms with Gasteiger partial charge in [-0.05, 0) is 53.4 Å². The Balaban J connectivity index is 1.93. The Morgan fingerprint density at radius 2 is 1.50 bits per heavy atom. The molecule has 0 spiro atoms. The Kier molecular flexibility index (Phi) is 6.88. The molecule has 0 saturated carbocycles. The van der Waals surface area contributed by atoms with E-state index in [4.69, 9.17) is 0 Å². The zero-order valence-electron chi connectivity index (χ0n) is 16.9. The number of pyridine rings is 1. The fourth-order valence-corrected chi connectivity index (χ4v) is 3.42. The van der Waals surface area contributed by atoms with Gasteiger partial charge in [-0.3, -0.25) is 4.98 Å². The summed E-state index contributed by atoms with van der Waals surface area (Å²) >= 11 is 0. The molecule has 1 N–H and O–H groups in total. The van der Waals surface area contributed by atoms with Crippen LogP contribution in [0.3, 0.4) is 0 Å². The van der Waals surface area contributed by atoms with Crippen molar-refractivity contribution in [3.63, 3.8) is 0 Å². The number of hydrogen-bond acceptors (Lipinski definition) is 2. The molecule has 2 nitrogen and oxygen atoms in total. The average molecular weight is 456 g/mol. The molecule has 0 aliphatic rings. The van der Waals surface area contributed by atoms with Crippen molar-refractivity contribution in [3.05, 3.63) is 89.0 Å². The number of aromatic nitrogens is 1. The van der Waals surface area contributed by atoms with Crippen LogP contribution >= 0.6 is 0 Å². The van der Waals surface area contributed by atoms with Gasteiger partial charge in [0, 0.05) is 30.5 Å². The van der Waals surface area contributed by atoms with E-state index in [0.29, 0.717) is 16.7 Å². The summed E-state index contributed by atoms with van der Waals surface area (Å²) in [5.41, 5.74) is -1.46. The Morgan fingerprint density at radius 3 is 2.06 bits per heavy atom. The van der Waals surface area contributed by atoms with Crippen molar-refractivity contribution in [2.75, 3.05) is 0 Å². The van der Waals surface area contributed by atoms with E-state index in [9.17, 15) is 30.7 Å². The first-order valence-electron chi connectivity index (χ1n) is 9.71. The third kappa shape index (κ3) is 5.45. The van der Waals surface area contributed by atoms with Crippen LogP contribution in [0.4, 0.5) is 30.7 Å². The van der Waals surface area contributed by atoms with Crippen LogP contribution in [0.1, 0.15) is 41.6 Å². The van der Waals surface area contributed by atoms with Gasteiger partial charge in [-0.25, -0.2) is 4.39 Å². The van der Waals surface area contributed by atoms with Crippen LogP contribution in [-0.4, -0.2) is 4.98 Å². The average Bonchev–Trinajstić information content (AvgIpc) is 2.73. The molecule has 0 aliphatic carbocycles. The molecule has 1 atom stereocenters. The van der Waals surface area contributed by atoms with Crippen LogP contribution in [0, 0.1) is 5.82 Å². The molecule has 1 aromatic heterocycles. The van der Waals surface area contributed by atoms with Crippen molar-refractivity contribution in [2.24, 2.45) is 0 Å². The van der Waals surface area contributed by atoms with Gasteiger partial charge in [-0.2, -0.15) is 26.3 Å². The third-order valence-corrected chi connectivity index (χ3v) is 5.03. The van der Waals surface area contributed by atoms with E-state index in [1.807, 2.05) is 0 Å². The van der Waals surface area contributed by atoms with Crippen LogP contribution in [-0.2, 0) is 18.9 Å². The number of hydrogen-bond donors (Lipinski definition) is 1. The molecule has 0 radical (unpaired) electrons. The Labute approximate surface area is 180 Å². The highest BCUT2D eigenvalue weighted by Gasteiger charge is 2.37. The van der Waals surface area contributed by atoms with Gasteiger partial charge in [0.2, 0.25) is 0 Å². The Bertz CT molecular complexity index is 1040. The van der Waals surface area contributed by atoms with E-state index < -0.39 is 35.3 Å². The number of alkyl halides is 6. The number of rotatable bonds is 6. The second kappa shape index (κ2) is 9.28. The maximum absolute atomic E-state index is 14.2. The highest BCUT2D eigenvalue weighted by Crippen LogP contribution is 2.38. The molecule has 2 aromatic carbocycles. The van der Waals surface area contributed by atoms with E-state index in [2.05, 4.69) is 10.3 Å². The van der Waals surface area contributed by atoms with Gasteiger partial charge in [-0.1, -0.05) is 25.1 Å². The standard InChI is InChI=1S/C23H19F7N2/c1-2-21(14-9-16(22(25,26)27)11-17(10-14)23(28,29)30)32-13-15-12-31-8-7-18(15)19-5-3-4-6-20(19)24/h3-12,21,32H,2,13H2,1H3. The normalized spacial score (nSPS) is 13.2. The summed E-state index contributed by atoms with van der Waals surface area (Å²) in [4.78, 5) is 4.01. The lowest BCUT2D eigenvalue weighted by molar-refractivity contribution is -0.143. The summed E-state index contributed by atoms with van der Waals surface area (Å²) in [7, 11) is 0. The summed E-state index contributed by atoms with van der Waals surface area (Å²) in [6, 6.07) is 8.41. The topological polar surface area (TPSA) is 24.9 Å². The van der Waals surface area contributed by atoms with Crippen LogP contribution in [0.5, 0.6) is 0 Å². The van der Waals surface area contributed by atoms with Crippen molar-refractivity contribution in [3.8, 4) is 11.1 Å². The van der Waals surface area contributed by atoms with Crippen molar-refractivity contribution in [1.29, 1.82) is 0 Å². The largest absolute Gasteiger partial charge is 0.416 e. The smallest absolute Gasteiger partial charge is 0.306 e. The van der Waals surface area contributed by atoms with Gasteiger partial charge in [0.05, 0.1) is 11.1 Å². The lowest BCUT2D eigenvalue weighted by atomic mass is 9.97. The van der Waals surface area contributed by atoms with E-state index in [1.165, 1.54) is 24.5 Å². The summed E-state index contributed by atoms with van der Waals surface area (Å²) in [5.74, 6) is -0.459. The molecule has 3 aromatic rings. The molecule has 0 fully saturated rings. The van der Waals surface area contributed by atoms with E-state index in [-0.39, 0.29) is 24.6 Å². The van der Waals surface area contributed by atoms with Crippen LogP contribution < -0.4 is 5.32 Å². The van der Waals surface area contributed by atoms with E-state index in [1.54, 1.807) is 25.1 Å². The second-order valence-electron chi connectivity index (χ2n) is 7.19. The van der Waals surface area contributed by atoms with Gasteiger partial charge in [0.25, 0.3) is 0 Å². The zero-order valence-corrected chi connectivity index (χ0v) is 16.9. The molecule has 0 aliphatic heterocycles. The SMILES string of the molecule is CCC(NCc1cnccc1-c1ccccc1F)c1cc(C(F)(F)F)cc(C(F)(F)F)c1. The zero-order chi connectivity index (χ0) is 23.5. The molecule has 0 amide bonds. The summed E-state index contributed by atoms with van der Waals surface area (Å²) in [5, 5.41) is 2.99. The predicted octanol–water partition coefficient (Wildman–Crippen LogP) is 7.17. The van der Waals surface area contributed by atoms with Gasteiger partial charge < -0.3 is 5.32 Å². The monoisotopic (exact) mass is 456 g/mol. The van der Waals surface area contributed by atoms with Crippen molar-refractivity contribution < 1.29 is 30.7 Å². The number of nitrogens with zero attached hydrogens (tertiary/aromatic N) is 1. The molecule has 0 saturated heterocycles. The minimum atomic E-state index is -4.92. The van der Waals surface area contributed by atoms with Crippen LogP contribution in [0.2, 0.25) is 0 Å². The van der Waals surface area contributed by atoms with Crippen molar-refractivity contribution in [2.45, 2.75) is 38.3 Å². The van der Waals surface area contributed by atoms with Crippen LogP contribution in [0.25, 0.3) is 11.1 Å². The maximum atomic E-state index is 14.2. The highest BCUT2D eigenvalue weighted by atomic mass is 19.4. The number of halogens is 7. The molecular formula is C23H19F7N2. The summed E-state index contributed by atoms with van der Waals surface area (Å²) < 4.78 is 93.5. The lowest BCUT2D eigenvalue weighted by Gasteiger charge is -2.22. The molecule has 0 bridgehead atoms. The van der Waals surface area contributed by atoms with Gasteiger partial charge >= 0.3 is 12.4 Å². The summed E-state index contributed by atoms with van der Waals surface area (Å²) in [6.07, 6.45) is -6.65. The number of nitrogens with one attached hydrogen (secondary N) is 1. The quantitative estimate of drug-likeness (QED) is 0.398. The highest BCUT2D eigenvalue weighted by molar-refractivity contribution is 5.67. The van der Waals surface area contributed by atoms with Gasteiger partial charge in [-0.15, -0.1) is 0 Å². The van der Waals surface area contributed by atoms with Gasteiger partial charge in [0.15, 0.2) is 0 Å². The first-order valence-corrected chi connectivity index (χ1v) is 9.71. The molecule has 32 heavy (non-hydrogen) atoms. The first-order chi connectivity index (χ1) is 15.0. The first kappa shape index (κ1) is 23.7. The van der Waals surface area contributed by atoms with Crippen LogP contribution in [0.15, 0.2) is 60.9 Å². The third-order valence-electron chi connectivity index (χ3n) is 5.03. The minimum Gasteiger partial charge on any atom is -0.306 e. The Hall–Kier alpha value is -2.94. The van der Waals surface area contributed by atoms with Crippen molar-refractivity contribution in [1.82, 2.24) is 10.3 Å². The summed E-state index contributed by atoms with van der Waals surface area (Å²) in [6.45, 7) is 1.71. The second-order valence-corrected chi connectivity index (χ2v) is 7.19.